The quantitative estimate of drug-likeness (QED) is 0.479. The minimum atomic E-state index is -5.04. The number of alkyl halides is 3. The van der Waals surface area contributed by atoms with E-state index < -0.39 is 56.0 Å². The van der Waals surface area contributed by atoms with Crippen LogP contribution >= 0.6 is 0 Å². The molecule has 0 radical (unpaired) electrons. The van der Waals surface area contributed by atoms with Gasteiger partial charge in [0, 0.05) is 24.8 Å². The highest BCUT2D eigenvalue weighted by Crippen LogP contribution is 2.30. The molecular formula is C18H19F4N3O5S. The number of rotatable bonds is 7. The minimum absolute atomic E-state index is 0.0852. The van der Waals surface area contributed by atoms with Crippen LogP contribution < -0.4 is 15.6 Å². The Morgan fingerprint density at radius 1 is 1.26 bits per heavy atom. The molecule has 0 unspecified atom stereocenters. The van der Waals surface area contributed by atoms with Crippen LogP contribution in [-0.4, -0.2) is 43.5 Å². The van der Waals surface area contributed by atoms with E-state index in [0.717, 1.165) is 24.5 Å². The highest BCUT2D eigenvalue weighted by atomic mass is 32.2. The lowest BCUT2D eigenvalue weighted by molar-refractivity contribution is -0.275. The van der Waals surface area contributed by atoms with Crippen molar-refractivity contribution in [3.05, 3.63) is 51.7 Å². The standard InChI is InChI=1S/C18H19F4N3O5S/c1-9(2)11(10-4-5-14(12(19)6-10)30-18(20,21)22)8-23-16(27)13-7-15(26)25-17(24-13)31(3,28)29/h4-7,9,11H,8H2,1-3H3,(H,23,27)(H,24,25,26)/t11-/m1/s1. The lowest BCUT2D eigenvalue weighted by Crippen LogP contribution is -2.32. The van der Waals surface area contributed by atoms with Crippen molar-refractivity contribution in [1.82, 2.24) is 15.3 Å². The fraction of sp³-hybridized carbons (Fsp3) is 0.389. The minimum Gasteiger partial charge on any atom is -0.403 e. The van der Waals surface area contributed by atoms with Crippen molar-refractivity contribution in [2.45, 2.75) is 31.3 Å². The lowest BCUT2D eigenvalue weighted by Gasteiger charge is -2.22. The zero-order valence-corrected chi connectivity index (χ0v) is 17.4. The molecule has 0 aliphatic heterocycles. The summed E-state index contributed by atoms with van der Waals surface area (Å²) in [6.07, 6.45) is -4.23. The van der Waals surface area contributed by atoms with Gasteiger partial charge in [-0.3, -0.25) is 14.6 Å². The lowest BCUT2D eigenvalue weighted by atomic mass is 9.88. The van der Waals surface area contributed by atoms with E-state index >= 15 is 0 Å². The summed E-state index contributed by atoms with van der Waals surface area (Å²) in [5, 5.41) is 1.80. The number of nitrogens with one attached hydrogen (secondary N) is 2. The highest BCUT2D eigenvalue weighted by Gasteiger charge is 2.32. The maximum Gasteiger partial charge on any atom is 0.573 e. The van der Waals surface area contributed by atoms with Crippen LogP contribution in [-0.2, 0) is 9.84 Å². The number of amides is 1. The third kappa shape index (κ3) is 6.77. The molecule has 0 fully saturated rings. The van der Waals surface area contributed by atoms with Gasteiger partial charge in [0.2, 0.25) is 15.0 Å². The molecule has 170 valence electrons. The third-order valence-corrected chi connectivity index (χ3v) is 5.10. The molecule has 2 N–H and O–H groups in total. The van der Waals surface area contributed by atoms with Crippen LogP contribution in [0.5, 0.6) is 5.75 Å². The molecule has 0 bridgehead atoms. The molecule has 2 rings (SSSR count). The van der Waals surface area contributed by atoms with Crippen molar-refractivity contribution in [2.75, 3.05) is 12.8 Å². The summed E-state index contributed by atoms with van der Waals surface area (Å²) in [6, 6.07) is 3.78. The first-order chi connectivity index (χ1) is 14.2. The van der Waals surface area contributed by atoms with Gasteiger partial charge in [-0.1, -0.05) is 19.9 Å². The van der Waals surface area contributed by atoms with E-state index in [0.29, 0.717) is 5.56 Å². The maximum atomic E-state index is 14.1. The Bertz CT molecular complexity index is 1130. The van der Waals surface area contributed by atoms with E-state index in [9.17, 15) is 35.6 Å². The summed E-state index contributed by atoms with van der Waals surface area (Å²) < 4.78 is 77.7. The summed E-state index contributed by atoms with van der Waals surface area (Å²) in [5.74, 6) is -3.74. The van der Waals surface area contributed by atoms with Crippen LogP contribution in [0.1, 0.15) is 35.8 Å². The number of ether oxygens (including phenoxy) is 1. The number of aromatic amines is 1. The van der Waals surface area contributed by atoms with E-state index in [4.69, 9.17) is 0 Å². The molecular weight excluding hydrogens is 446 g/mol. The Hall–Kier alpha value is -2.96. The number of halogens is 4. The molecule has 8 nitrogen and oxygen atoms in total. The Kier molecular flexibility index (Phi) is 7.09. The smallest absolute Gasteiger partial charge is 0.403 e. The maximum absolute atomic E-state index is 14.1. The first-order valence-corrected chi connectivity index (χ1v) is 10.7. The molecule has 13 heteroatoms. The molecule has 1 aromatic carbocycles. The molecule has 0 saturated heterocycles. The molecule has 0 saturated carbocycles. The van der Waals surface area contributed by atoms with Gasteiger partial charge in [-0.25, -0.2) is 17.8 Å². The fourth-order valence-electron chi connectivity index (χ4n) is 2.71. The SMILES string of the molecule is CC(C)[C@@H](CNC(=O)c1cc(=O)[nH]c(S(C)(=O)=O)n1)c1ccc(OC(F)(F)F)c(F)c1. The van der Waals surface area contributed by atoms with Crippen LogP contribution in [0.3, 0.4) is 0 Å². The number of H-pyrrole nitrogens is 1. The molecule has 1 amide bonds. The van der Waals surface area contributed by atoms with Gasteiger partial charge in [-0.2, -0.15) is 0 Å². The molecule has 1 heterocycles. The van der Waals surface area contributed by atoms with Crippen molar-refractivity contribution >= 4 is 15.7 Å². The Morgan fingerprint density at radius 2 is 1.90 bits per heavy atom. The number of hydrogen-bond donors (Lipinski definition) is 2. The number of nitrogens with zero attached hydrogens (tertiary/aromatic N) is 1. The van der Waals surface area contributed by atoms with Gasteiger partial charge in [0.05, 0.1) is 0 Å². The van der Waals surface area contributed by atoms with Crippen LogP contribution in [0.2, 0.25) is 0 Å². The summed E-state index contributed by atoms with van der Waals surface area (Å²) in [7, 11) is -3.87. The third-order valence-electron chi connectivity index (χ3n) is 4.20. The van der Waals surface area contributed by atoms with Crippen molar-refractivity contribution in [1.29, 1.82) is 0 Å². The first kappa shape index (κ1) is 24.3. The van der Waals surface area contributed by atoms with Crippen molar-refractivity contribution in [3.8, 4) is 5.75 Å². The van der Waals surface area contributed by atoms with Gasteiger partial charge in [-0.15, -0.1) is 13.2 Å². The molecule has 31 heavy (non-hydrogen) atoms. The van der Waals surface area contributed by atoms with Gasteiger partial charge in [0.1, 0.15) is 5.69 Å². The van der Waals surface area contributed by atoms with Crippen molar-refractivity contribution < 1.29 is 35.5 Å². The van der Waals surface area contributed by atoms with E-state index in [-0.39, 0.29) is 12.5 Å². The summed E-state index contributed by atoms with van der Waals surface area (Å²) >= 11 is 0. The van der Waals surface area contributed by atoms with Gasteiger partial charge >= 0.3 is 6.36 Å². The number of carbonyl (C=O) groups excluding carboxylic acids is 1. The van der Waals surface area contributed by atoms with Crippen LogP contribution in [0, 0.1) is 11.7 Å². The van der Waals surface area contributed by atoms with Crippen LogP contribution in [0.15, 0.2) is 34.2 Å². The summed E-state index contributed by atoms with van der Waals surface area (Å²) in [5.41, 5.74) is -0.979. The Balaban J connectivity index is 2.22. The predicted molar refractivity (Wildman–Crippen MR) is 101 cm³/mol. The largest absolute Gasteiger partial charge is 0.573 e. The topological polar surface area (TPSA) is 118 Å². The van der Waals surface area contributed by atoms with E-state index in [2.05, 4.69) is 15.0 Å². The summed E-state index contributed by atoms with van der Waals surface area (Å²) in [4.78, 5) is 29.6. The molecule has 0 aliphatic rings. The van der Waals surface area contributed by atoms with E-state index in [1.807, 2.05) is 4.98 Å². The van der Waals surface area contributed by atoms with E-state index in [1.165, 1.54) is 6.07 Å². The number of carbonyl (C=O) groups is 1. The fourth-order valence-corrected chi connectivity index (χ4v) is 3.26. The predicted octanol–water partition coefficient (Wildman–Crippen LogP) is 2.38. The molecule has 0 aliphatic carbocycles. The van der Waals surface area contributed by atoms with Gasteiger partial charge < -0.3 is 10.1 Å². The molecule has 2 aromatic rings. The van der Waals surface area contributed by atoms with E-state index in [1.54, 1.807) is 13.8 Å². The zero-order valence-electron chi connectivity index (χ0n) is 16.6. The second-order valence-electron chi connectivity index (χ2n) is 7.01. The average molecular weight is 465 g/mol. The number of aromatic nitrogens is 2. The molecule has 1 atom stereocenters. The second-order valence-corrected chi connectivity index (χ2v) is 8.94. The van der Waals surface area contributed by atoms with Gasteiger partial charge in [0.15, 0.2) is 11.6 Å². The van der Waals surface area contributed by atoms with Crippen molar-refractivity contribution in [3.63, 3.8) is 0 Å². The Morgan fingerprint density at radius 3 is 2.42 bits per heavy atom. The molecule has 1 aromatic heterocycles. The monoisotopic (exact) mass is 465 g/mol. The summed E-state index contributed by atoms with van der Waals surface area (Å²) in [6.45, 7) is 3.42. The normalized spacial score (nSPS) is 13.2. The Labute approximate surface area is 174 Å². The molecule has 0 spiro atoms. The number of sulfone groups is 1. The van der Waals surface area contributed by atoms with Crippen molar-refractivity contribution in [2.24, 2.45) is 5.92 Å². The second kappa shape index (κ2) is 9.04. The number of benzene rings is 1. The van der Waals surface area contributed by atoms with Gasteiger partial charge in [-0.05, 0) is 23.6 Å². The van der Waals surface area contributed by atoms with Crippen LogP contribution in [0.4, 0.5) is 17.6 Å². The number of hydrogen-bond acceptors (Lipinski definition) is 6. The first-order valence-electron chi connectivity index (χ1n) is 8.82. The zero-order chi connectivity index (χ0) is 23.6. The highest BCUT2D eigenvalue weighted by molar-refractivity contribution is 7.90. The van der Waals surface area contributed by atoms with Crippen LogP contribution in [0.25, 0.3) is 0 Å². The van der Waals surface area contributed by atoms with Gasteiger partial charge in [0.25, 0.3) is 11.5 Å². The average Bonchev–Trinajstić information content (AvgIpc) is 2.61.